The second-order valence-corrected chi connectivity index (χ2v) is 1.89. The van der Waals surface area contributed by atoms with E-state index in [4.69, 9.17) is 5.11 Å². The van der Waals surface area contributed by atoms with Crippen LogP contribution in [0.3, 0.4) is 0 Å². The van der Waals surface area contributed by atoms with Crippen LogP contribution in [-0.2, 0) is 0 Å². The summed E-state index contributed by atoms with van der Waals surface area (Å²) in [6.45, 7) is 0. The van der Waals surface area contributed by atoms with Gasteiger partial charge in [0.2, 0.25) is 0 Å². The van der Waals surface area contributed by atoms with Crippen LogP contribution in [0.2, 0.25) is 0 Å². The third kappa shape index (κ3) is 7.33. The van der Waals surface area contributed by atoms with Gasteiger partial charge in [-0.1, -0.05) is 6.08 Å². The molecule has 0 aliphatic rings. The van der Waals surface area contributed by atoms with Crippen LogP contribution in [0.25, 0.3) is 0 Å². The maximum Gasteiger partial charge on any atom is 0.389 e. The van der Waals surface area contributed by atoms with Crippen molar-refractivity contribution in [2.24, 2.45) is 0 Å². The highest BCUT2D eigenvalue weighted by Gasteiger charge is 2.25. The normalized spacial score (nSPS) is 12.7. The number of aliphatic hydroxyl groups is 1. The van der Waals surface area contributed by atoms with Crippen molar-refractivity contribution in [3.63, 3.8) is 0 Å². The van der Waals surface area contributed by atoms with E-state index in [0.29, 0.717) is 0 Å². The largest absolute Gasteiger partial charge is 0.516 e. The van der Waals surface area contributed by atoms with Crippen molar-refractivity contribution in [2.75, 3.05) is 0 Å². The highest BCUT2D eigenvalue weighted by Crippen LogP contribution is 2.21. The van der Waals surface area contributed by atoms with Gasteiger partial charge in [0.15, 0.2) is 0 Å². The number of unbranched alkanes of at least 4 members (excludes halogenated alkanes) is 1. The molecule has 0 rings (SSSR count). The lowest BCUT2D eigenvalue weighted by Crippen LogP contribution is -2.05. The summed E-state index contributed by atoms with van der Waals surface area (Å²) >= 11 is 0. The quantitative estimate of drug-likeness (QED) is 0.489. The van der Waals surface area contributed by atoms with Crippen molar-refractivity contribution in [3.05, 3.63) is 12.3 Å². The molecule has 0 spiro atoms. The summed E-state index contributed by atoms with van der Waals surface area (Å²) in [4.78, 5) is 0. The molecule has 60 valence electrons. The van der Waals surface area contributed by atoms with Gasteiger partial charge in [0.25, 0.3) is 0 Å². The molecule has 0 bridgehead atoms. The topological polar surface area (TPSA) is 20.2 Å². The molecular weight excluding hydrogens is 145 g/mol. The molecule has 0 atom stereocenters. The monoisotopic (exact) mass is 154 g/mol. The molecule has 0 aromatic heterocycles. The van der Waals surface area contributed by atoms with Gasteiger partial charge >= 0.3 is 6.18 Å². The summed E-state index contributed by atoms with van der Waals surface area (Å²) in [5.41, 5.74) is 0. The zero-order valence-corrected chi connectivity index (χ0v) is 5.36. The molecular formula is C6H9F3O. The summed E-state index contributed by atoms with van der Waals surface area (Å²) in [6, 6.07) is 0. The van der Waals surface area contributed by atoms with Gasteiger partial charge < -0.3 is 5.11 Å². The number of halogens is 3. The molecule has 0 saturated heterocycles. The maximum atomic E-state index is 11.4. The summed E-state index contributed by atoms with van der Waals surface area (Å²) in [5, 5.41) is 8.03. The van der Waals surface area contributed by atoms with Crippen LogP contribution < -0.4 is 0 Å². The Morgan fingerprint density at radius 3 is 2.30 bits per heavy atom. The molecule has 0 aromatic rings. The Labute approximate surface area is 57.2 Å². The van der Waals surface area contributed by atoms with E-state index in [2.05, 4.69) is 0 Å². The first-order valence-electron chi connectivity index (χ1n) is 2.92. The van der Waals surface area contributed by atoms with Gasteiger partial charge in [-0.05, 0) is 12.8 Å². The molecule has 0 radical (unpaired) electrons. The molecule has 0 aliphatic heterocycles. The van der Waals surface area contributed by atoms with Crippen LogP contribution in [0.1, 0.15) is 19.3 Å². The third-order valence-corrected chi connectivity index (χ3v) is 0.936. The number of allylic oxidation sites excluding steroid dienone is 1. The van der Waals surface area contributed by atoms with E-state index in [0.717, 1.165) is 6.26 Å². The molecule has 4 heteroatoms. The Hall–Kier alpha value is -0.670. The molecule has 0 amide bonds. The van der Waals surface area contributed by atoms with Crippen LogP contribution in [0.5, 0.6) is 0 Å². The predicted octanol–water partition coefficient (Wildman–Crippen LogP) is 2.79. The smallest absolute Gasteiger partial charge is 0.389 e. The fraction of sp³-hybridized carbons (Fsp3) is 0.667. The first-order valence-corrected chi connectivity index (χ1v) is 2.92. The van der Waals surface area contributed by atoms with Crippen LogP contribution in [0.4, 0.5) is 13.2 Å². The van der Waals surface area contributed by atoms with Crippen molar-refractivity contribution in [2.45, 2.75) is 25.4 Å². The Balaban J connectivity index is 3.20. The number of aliphatic hydroxyl groups excluding tert-OH is 1. The molecule has 1 nitrogen and oxygen atoms in total. The third-order valence-electron chi connectivity index (χ3n) is 0.936. The number of alkyl halides is 3. The van der Waals surface area contributed by atoms with E-state index in [1.165, 1.54) is 6.08 Å². The molecule has 0 saturated carbocycles. The minimum absolute atomic E-state index is 0.0422. The van der Waals surface area contributed by atoms with Gasteiger partial charge in [-0.15, -0.1) is 0 Å². The fourth-order valence-electron chi connectivity index (χ4n) is 0.495. The van der Waals surface area contributed by atoms with E-state index in [-0.39, 0.29) is 12.8 Å². The summed E-state index contributed by atoms with van der Waals surface area (Å²) < 4.78 is 34.2. The van der Waals surface area contributed by atoms with Crippen molar-refractivity contribution in [3.8, 4) is 0 Å². The van der Waals surface area contributed by atoms with Crippen LogP contribution in [0.15, 0.2) is 12.3 Å². The van der Waals surface area contributed by atoms with E-state index in [1.807, 2.05) is 0 Å². The Morgan fingerprint density at radius 2 is 1.90 bits per heavy atom. The van der Waals surface area contributed by atoms with Gasteiger partial charge in [-0.3, -0.25) is 0 Å². The van der Waals surface area contributed by atoms with E-state index >= 15 is 0 Å². The second kappa shape index (κ2) is 4.19. The SMILES string of the molecule is OC=CCCCC(F)(F)F. The fourth-order valence-corrected chi connectivity index (χ4v) is 0.495. The lowest BCUT2D eigenvalue weighted by atomic mass is 10.2. The molecule has 0 fully saturated rings. The lowest BCUT2D eigenvalue weighted by Gasteiger charge is -2.02. The zero-order chi connectivity index (χ0) is 8.04. The molecule has 0 unspecified atom stereocenters. The molecule has 0 aromatic carbocycles. The van der Waals surface area contributed by atoms with Crippen molar-refractivity contribution in [1.82, 2.24) is 0 Å². The maximum absolute atomic E-state index is 11.4. The van der Waals surface area contributed by atoms with Crippen LogP contribution in [-0.4, -0.2) is 11.3 Å². The second-order valence-electron chi connectivity index (χ2n) is 1.89. The summed E-state index contributed by atoms with van der Waals surface area (Å²) in [7, 11) is 0. The van der Waals surface area contributed by atoms with E-state index in [9.17, 15) is 13.2 Å². The van der Waals surface area contributed by atoms with E-state index < -0.39 is 12.6 Å². The molecule has 10 heavy (non-hydrogen) atoms. The molecule has 0 heterocycles. The first kappa shape index (κ1) is 9.33. The van der Waals surface area contributed by atoms with E-state index in [1.54, 1.807) is 0 Å². The van der Waals surface area contributed by atoms with Crippen LogP contribution in [0, 0.1) is 0 Å². The van der Waals surface area contributed by atoms with Gasteiger partial charge in [-0.25, -0.2) is 0 Å². The van der Waals surface area contributed by atoms with Crippen molar-refractivity contribution >= 4 is 0 Å². The predicted molar refractivity (Wildman–Crippen MR) is 31.7 cm³/mol. The van der Waals surface area contributed by atoms with Crippen LogP contribution >= 0.6 is 0 Å². The average molecular weight is 154 g/mol. The van der Waals surface area contributed by atoms with Gasteiger partial charge in [-0.2, -0.15) is 13.2 Å². The molecule has 0 aliphatic carbocycles. The summed E-state index contributed by atoms with van der Waals surface area (Å²) in [5.74, 6) is 0. The van der Waals surface area contributed by atoms with Crippen molar-refractivity contribution < 1.29 is 18.3 Å². The Morgan fingerprint density at radius 1 is 1.30 bits per heavy atom. The number of rotatable bonds is 3. The molecule has 1 N–H and O–H groups in total. The Kier molecular flexibility index (Phi) is 3.91. The lowest BCUT2D eigenvalue weighted by molar-refractivity contribution is -0.135. The standard InChI is InChI=1S/C6H9F3O/c7-6(8,9)4-2-1-3-5-10/h3,5,10H,1-2,4H2. The minimum Gasteiger partial charge on any atom is -0.516 e. The Bertz CT molecular complexity index is 106. The average Bonchev–Trinajstić information content (AvgIpc) is 1.78. The zero-order valence-electron chi connectivity index (χ0n) is 5.36. The van der Waals surface area contributed by atoms with Crippen molar-refractivity contribution in [1.29, 1.82) is 0 Å². The van der Waals surface area contributed by atoms with Gasteiger partial charge in [0, 0.05) is 6.42 Å². The van der Waals surface area contributed by atoms with Gasteiger partial charge in [0.1, 0.15) is 0 Å². The summed E-state index contributed by atoms with van der Waals surface area (Å²) in [6.07, 6.45) is -2.47. The minimum atomic E-state index is -4.07. The highest BCUT2D eigenvalue weighted by molar-refractivity contribution is 4.71. The first-order chi connectivity index (χ1) is 4.56. The number of hydrogen-bond donors (Lipinski definition) is 1. The van der Waals surface area contributed by atoms with Gasteiger partial charge in [0.05, 0.1) is 6.26 Å². The number of hydrogen-bond acceptors (Lipinski definition) is 1. The highest BCUT2D eigenvalue weighted by atomic mass is 19.4.